The molecule has 0 unspecified atom stereocenters. The van der Waals surface area contributed by atoms with E-state index in [0.29, 0.717) is 37.2 Å². The minimum atomic E-state index is -3.66. The number of nitrogens with one attached hydrogen (secondary N) is 3. The number of hydrogen-bond donors (Lipinski definition) is 4. The summed E-state index contributed by atoms with van der Waals surface area (Å²) in [6.45, 7) is 10.8. The molecule has 10 heteroatoms. The van der Waals surface area contributed by atoms with Gasteiger partial charge in [-0.3, -0.25) is 9.10 Å². The maximum absolute atomic E-state index is 13.6. The minimum absolute atomic E-state index is 0.156. The lowest BCUT2D eigenvalue weighted by molar-refractivity contribution is 0.0832. The smallest absolute Gasteiger partial charge is 0.251 e. The highest BCUT2D eigenvalue weighted by Crippen LogP contribution is 2.37. The Bertz CT molecular complexity index is 1320. The lowest BCUT2D eigenvalue weighted by Crippen LogP contribution is -2.48. The number of carbonyl (C=O) groups excluding carboxylic acids is 1. The molecule has 4 atom stereocenters. The van der Waals surface area contributed by atoms with Crippen LogP contribution in [0.2, 0.25) is 0 Å². The van der Waals surface area contributed by atoms with Crippen molar-refractivity contribution >= 4 is 27.6 Å². The van der Waals surface area contributed by atoms with Crippen LogP contribution in [0.3, 0.4) is 0 Å². The molecule has 0 bridgehead atoms. The molecule has 1 aromatic carbocycles. The first-order chi connectivity index (χ1) is 19.4. The number of anilines is 2. The highest BCUT2D eigenvalue weighted by Gasteiger charge is 2.32. The van der Waals surface area contributed by atoms with Crippen molar-refractivity contribution in [1.82, 2.24) is 15.6 Å². The summed E-state index contributed by atoms with van der Waals surface area (Å²) >= 11 is 0. The average Bonchev–Trinajstić information content (AvgIpc) is 3.65. The highest BCUT2D eigenvalue weighted by molar-refractivity contribution is 7.93. The molecule has 2 aromatic rings. The zero-order valence-corrected chi connectivity index (χ0v) is 25.8. The van der Waals surface area contributed by atoms with E-state index in [9.17, 15) is 18.3 Å². The van der Waals surface area contributed by atoms with E-state index >= 15 is 0 Å². The van der Waals surface area contributed by atoms with Gasteiger partial charge in [-0.05, 0) is 56.2 Å². The molecular weight excluding hydrogens is 538 g/mol. The Morgan fingerprint density at radius 1 is 1.17 bits per heavy atom. The average molecular weight is 584 g/mol. The van der Waals surface area contributed by atoms with Crippen molar-refractivity contribution in [1.29, 1.82) is 0 Å². The summed E-state index contributed by atoms with van der Waals surface area (Å²) in [5.41, 5.74) is 1.23. The predicted molar refractivity (Wildman–Crippen MR) is 165 cm³/mol. The summed E-state index contributed by atoms with van der Waals surface area (Å²) < 4.78 is 26.9. The molecule has 4 N–H and O–H groups in total. The molecule has 1 aliphatic rings. The number of hydrogen-bond acceptors (Lipinski definition) is 7. The van der Waals surface area contributed by atoms with Crippen molar-refractivity contribution in [2.75, 3.05) is 36.3 Å². The van der Waals surface area contributed by atoms with Crippen LogP contribution in [0.1, 0.15) is 57.0 Å². The number of aromatic nitrogens is 1. The van der Waals surface area contributed by atoms with E-state index in [2.05, 4.69) is 39.7 Å². The van der Waals surface area contributed by atoms with Crippen LogP contribution in [0.4, 0.5) is 11.6 Å². The lowest BCUT2D eigenvalue weighted by atomic mass is 10.0. The first-order valence-corrected chi connectivity index (χ1v) is 15.8. The third kappa shape index (κ3) is 9.73. The number of carbonyl (C=O) groups is 1. The molecule has 1 heterocycles. The summed E-state index contributed by atoms with van der Waals surface area (Å²) in [7, 11) is -2.22. The van der Waals surface area contributed by atoms with Crippen LogP contribution >= 0.6 is 0 Å². The van der Waals surface area contributed by atoms with Crippen LogP contribution in [0, 0.1) is 29.6 Å². The normalized spacial score (nSPS) is 17.9. The standard InChI is InChI=1S/C31H45N5O4S/c1-21(2)11-10-14-32-20-28(37)27(16-24-12-8-7-9-13-24)34-31(38)25-17-29(33-19-26-15-23(26)5)35-30(18-25)36(6)41(39,40)22(3)4/h7-9,12-13,17-18,21-23,26-28,32,37H,14-16,19-20H2,1-6H3,(H,33,35)(H,34,38)/t23-,26+,27-,28+/m0/s1. The number of sulfonamides is 1. The molecule has 1 fully saturated rings. The van der Waals surface area contributed by atoms with Gasteiger partial charge in [-0.2, -0.15) is 0 Å². The summed E-state index contributed by atoms with van der Waals surface area (Å²) in [6.07, 6.45) is 0.647. The van der Waals surface area contributed by atoms with Crippen molar-refractivity contribution in [2.45, 2.75) is 64.9 Å². The van der Waals surface area contributed by atoms with Gasteiger partial charge in [0, 0.05) is 31.6 Å². The molecule has 0 radical (unpaired) electrons. The van der Waals surface area contributed by atoms with Gasteiger partial charge < -0.3 is 21.1 Å². The summed E-state index contributed by atoms with van der Waals surface area (Å²) in [6, 6.07) is 12.2. The first kappa shape index (κ1) is 32.4. The molecule has 224 valence electrons. The second-order valence-corrected chi connectivity index (χ2v) is 14.0. The summed E-state index contributed by atoms with van der Waals surface area (Å²) in [5, 5.41) is 19.9. The third-order valence-corrected chi connectivity index (χ3v) is 9.37. The number of nitrogens with zero attached hydrogens (tertiary/aromatic N) is 2. The molecule has 1 saturated carbocycles. The van der Waals surface area contributed by atoms with Gasteiger partial charge in [-0.15, -0.1) is 0 Å². The number of amides is 1. The summed E-state index contributed by atoms with van der Waals surface area (Å²) in [5.74, 6) is 7.70. The monoisotopic (exact) mass is 583 g/mol. The SMILES string of the molecule is CC(C)C#CCNC[C@@H](O)[C@H](Cc1ccccc1)NC(=O)c1cc(NC[C@H]2C[C@@H]2C)nc(N(C)S(=O)(=O)C(C)C)c1. The maximum atomic E-state index is 13.6. The molecular formula is C31H45N5O4S. The Kier molecular flexibility index (Phi) is 11.6. The predicted octanol–water partition coefficient (Wildman–Crippen LogP) is 3.27. The van der Waals surface area contributed by atoms with Gasteiger partial charge in [0.15, 0.2) is 0 Å². The van der Waals surface area contributed by atoms with Crippen LogP contribution in [0.15, 0.2) is 42.5 Å². The van der Waals surface area contributed by atoms with Gasteiger partial charge in [-0.1, -0.05) is 62.9 Å². The number of benzene rings is 1. The lowest BCUT2D eigenvalue weighted by Gasteiger charge is -2.25. The Morgan fingerprint density at radius 2 is 1.85 bits per heavy atom. The molecule has 9 nitrogen and oxygen atoms in total. The maximum Gasteiger partial charge on any atom is 0.251 e. The second-order valence-electron chi connectivity index (χ2n) is 11.5. The van der Waals surface area contributed by atoms with E-state index in [-0.39, 0.29) is 23.8 Å². The van der Waals surface area contributed by atoms with Crippen LogP contribution < -0.4 is 20.3 Å². The van der Waals surface area contributed by atoms with E-state index in [0.717, 1.165) is 16.3 Å². The van der Waals surface area contributed by atoms with Crippen molar-refractivity contribution in [3.63, 3.8) is 0 Å². The number of aliphatic hydroxyl groups excluding tert-OH is 1. The fraction of sp³-hybridized carbons (Fsp3) is 0.548. The Balaban J connectivity index is 1.84. The largest absolute Gasteiger partial charge is 0.390 e. The Labute approximate surface area is 245 Å². The van der Waals surface area contributed by atoms with Gasteiger partial charge in [0.2, 0.25) is 10.0 Å². The second kappa shape index (κ2) is 14.7. The summed E-state index contributed by atoms with van der Waals surface area (Å²) in [4.78, 5) is 18.2. The van der Waals surface area contributed by atoms with Crippen LogP contribution in [-0.4, -0.2) is 68.5 Å². The van der Waals surface area contributed by atoms with E-state index in [1.165, 1.54) is 13.1 Å². The zero-order chi connectivity index (χ0) is 30.2. The van der Waals surface area contributed by atoms with Crippen LogP contribution in [0.25, 0.3) is 0 Å². The quantitative estimate of drug-likeness (QED) is 0.199. The molecule has 1 aliphatic carbocycles. The van der Waals surface area contributed by atoms with Gasteiger partial charge in [-0.25, -0.2) is 13.4 Å². The highest BCUT2D eigenvalue weighted by atomic mass is 32.2. The zero-order valence-electron chi connectivity index (χ0n) is 25.0. The molecule has 41 heavy (non-hydrogen) atoms. The van der Waals surface area contributed by atoms with E-state index in [4.69, 9.17) is 0 Å². The molecule has 3 rings (SSSR count). The van der Waals surface area contributed by atoms with E-state index in [1.807, 2.05) is 44.2 Å². The molecule has 1 aromatic heterocycles. The number of rotatable bonds is 14. The fourth-order valence-electron chi connectivity index (χ4n) is 4.35. The van der Waals surface area contributed by atoms with Crippen LogP contribution in [-0.2, 0) is 16.4 Å². The number of aliphatic hydroxyl groups is 1. The number of pyridine rings is 1. The molecule has 0 aliphatic heterocycles. The van der Waals surface area contributed by atoms with Gasteiger partial charge in [0.1, 0.15) is 11.6 Å². The van der Waals surface area contributed by atoms with Crippen molar-refractivity contribution in [2.24, 2.45) is 17.8 Å². The molecule has 0 saturated heterocycles. The van der Waals surface area contributed by atoms with E-state index in [1.54, 1.807) is 19.9 Å². The van der Waals surface area contributed by atoms with E-state index < -0.39 is 33.3 Å². The molecule has 0 spiro atoms. The molecule has 1 amide bonds. The first-order valence-electron chi connectivity index (χ1n) is 14.3. The topological polar surface area (TPSA) is 124 Å². The fourth-order valence-corrected chi connectivity index (χ4v) is 5.33. The van der Waals surface area contributed by atoms with Crippen molar-refractivity contribution in [3.8, 4) is 11.8 Å². The van der Waals surface area contributed by atoms with Gasteiger partial charge in [0.25, 0.3) is 5.91 Å². The Morgan fingerprint density at radius 3 is 2.46 bits per heavy atom. The van der Waals surface area contributed by atoms with Gasteiger partial charge in [0.05, 0.1) is 23.9 Å². The Hall–Kier alpha value is -3.13. The van der Waals surface area contributed by atoms with Crippen LogP contribution in [0.5, 0.6) is 0 Å². The van der Waals surface area contributed by atoms with Crippen molar-refractivity contribution in [3.05, 3.63) is 53.6 Å². The van der Waals surface area contributed by atoms with Gasteiger partial charge >= 0.3 is 0 Å². The third-order valence-electron chi connectivity index (χ3n) is 7.23. The van der Waals surface area contributed by atoms with Crippen molar-refractivity contribution < 1.29 is 18.3 Å². The minimum Gasteiger partial charge on any atom is -0.390 e.